The molecule has 0 spiro atoms. The lowest BCUT2D eigenvalue weighted by Gasteiger charge is -2.36. The molecule has 2 aliphatic heterocycles. The van der Waals surface area contributed by atoms with E-state index in [1.54, 1.807) is 17.2 Å². The minimum atomic E-state index is -4.59. The average Bonchev–Trinajstić information content (AvgIpc) is 3.59. The maximum Gasteiger partial charge on any atom is 0.433 e. The van der Waals surface area contributed by atoms with Gasteiger partial charge in [0.2, 0.25) is 11.0 Å². The lowest BCUT2D eigenvalue weighted by molar-refractivity contribution is -0.141. The summed E-state index contributed by atoms with van der Waals surface area (Å²) in [5, 5.41) is 14.4. The van der Waals surface area contributed by atoms with Crippen LogP contribution in [0.2, 0.25) is 0 Å². The number of hydrogen-bond acceptors (Lipinski definition) is 6. The zero-order valence-electron chi connectivity index (χ0n) is 22.2. The molecule has 3 aromatic rings. The van der Waals surface area contributed by atoms with Gasteiger partial charge in [0.15, 0.2) is 17.2 Å². The monoisotopic (exact) mass is 592 g/mol. The Balaban J connectivity index is 1.31. The number of nitrogens with one attached hydrogen (secondary N) is 1. The summed E-state index contributed by atoms with van der Waals surface area (Å²) in [6.45, 7) is 4.16. The van der Waals surface area contributed by atoms with Crippen molar-refractivity contribution in [3.8, 4) is 0 Å². The van der Waals surface area contributed by atoms with Gasteiger partial charge < -0.3 is 19.7 Å². The molecule has 0 aliphatic carbocycles. The maximum atomic E-state index is 13.6. The van der Waals surface area contributed by atoms with Gasteiger partial charge in [0, 0.05) is 54.1 Å². The molecule has 41 heavy (non-hydrogen) atoms. The van der Waals surface area contributed by atoms with Gasteiger partial charge in [0.1, 0.15) is 23.1 Å². The largest absolute Gasteiger partial charge is 0.446 e. The first kappa shape index (κ1) is 29.0. The van der Waals surface area contributed by atoms with Crippen molar-refractivity contribution in [3.05, 3.63) is 77.5 Å². The fourth-order valence-electron chi connectivity index (χ4n) is 4.93. The number of aliphatic hydroxyl groups excluding tert-OH is 1. The number of carbonyl (C=O) groups excluding carboxylic acids is 1. The van der Waals surface area contributed by atoms with E-state index in [0.29, 0.717) is 47.1 Å². The van der Waals surface area contributed by atoms with Crippen molar-refractivity contribution in [1.82, 2.24) is 19.5 Å². The van der Waals surface area contributed by atoms with Gasteiger partial charge in [0.05, 0.1) is 0 Å². The van der Waals surface area contributed by atoms with Crippen LogP contribution in [0.1, 0.15) is 37.9 Å². The Hall–Kier alpha value is -3.55. The summed E-state index contributed by atoms with van der Waals surface area (Å²) in [7, 11) is -1.78. The molecule has 0 radical (unpaired) electrons. The number of rotatable bonds is 7. The Labute approximate surface area is 235 Å². The number of hydrogen-bond donors (Lipinski definition) is 2. The Bertz CT molecular complexity index is 1530. The summed E-state index contributed by atoms with van der Waals surface area (Å²) in [4.78, 5) is 18.4. The van der Waals surface area contributed by atoms with Gasteiger partial charge in [0.25, 0.3) is 0 Å². The smallest absolute Gasteiger partial charge is 0.433 e. The van der Waals surface area contributed by atoms with Gasteiger partial charge >= 0.3 is 6.18 Å². The number of furan rings is 1. The number of pyridine rings is 1. The number of halogens is 4. The highest BCUT2D eigenvalue weighted by atomic mass is 32.2. The second kappa shape index (κ2) is 11.4. The molecule has 13 heteroatoms. The SMILES string of the molecule is CC(C)N1C=C(CNC(=O)[C@@H]2CCCN2S(=O)c2cc3cc(F)ccc3o2)C=C(c2ccc(C(F)(F)F)nc2)C1O. The van der Waals surface area contributed by atoms with Gasteiger partial charge in [-0.2, -0.15) is 13.2 Å². The zero-order chi connectivity index (χ0) is 29.5. The van der Waals surface area contributed by atoms with Gasteiger partial charge in [-0.1, -0.05) is 6.07 Å². The third-order valence-corrected chi connectivity index (χ3v) is 8.42. The Morgan fingerprint density at radius 2 is 2.02 bits per heavy atom. The topological polar surface area (TPSA) is 98.9 Å². The Morgan fingerprint density at radius 1 is 1.24 bits per heavy atom. The van der Waals surface area contributed by atoms with Crippen LogP contribution in [0, 0.1) is 5.82 Å². The van der Waals surface area contributed by atoms with Gasteiger partial charge in [-0.05, 0) is 62.6 Å². The normalized spacial score (nSPS) is 20.8. The standard InChI is InChI=1S/C28H28F4N4O4S/c1-16(2)35-15-17(10-21(27(35)38)18-5-8-24(33-14-18)28(30,31)32)13-34-26(37)22-4-3-9-36(22)41(39)25-12-19-11-20(29)6-7-23(19)40-25/h5-8,10-12,14-16,22,27,38H,3-4,9,13H2,1-2H3,(H,34,37)/t22-,27?,41?/m0/s1. The molecule has 1 aromatic carbocycles. The molecule has 4 heterocycles. The molecule has 2 aromatic heterocycles. The van der Waals surface area contributed by atoms with Crippen LogP contribution < -0.4 is 5.32 Å². The number of nitrogens with zero attached hydrogens (tertiary/aromatic N) is 3. The average molecular weight is 593 g/mol. The predicted molar refractivity (Wildman–Crippen MR) is 144 cm³/mol. The van der Waals surface area contributed by atoms with Crippen molar-refractivity contribution >= 4 is 33.4 Å². The van der Waals surface area contributed by atoms with E-state index >= 15 is 0 Å². The maximum absolute atomic E-state index is 13.6. The molecule has 0 saturated carbocycles. The number of carbonyl (C=O) groups is 1. The van der Waals surface area contributed by atoms with Crippen molar-refractivity contribution in [2.24, 2.45) is 0 Å². The van der Waals surface area contributed by atoms with Crippen LogP contribution in [0.3, 0.4) is 0 Å². The second-order valence-electron chi connectivity index (χ2n) is 10.2. The molecule has 0 bridgehead atoms. The number of alkyl halides is 3. The summed E-state index contributed by atoms with van der Waals surface area (Å²) in [5.74, 6) is -0.798. The zero-order valence-corrected chi connectivity index (χ0v) is 23.0. The molecule has 2 N–H and O–H groups in total. The first-order chi connectivity index (χ1) is 19.4. The Kier molecular flexibility index (Phi) is 8.04. The fraction of sp³-hybridized carbons (Fsp3) is 0.357. The number of aliphatic hydroxyl groups is 1. The molecular weight excluding hydrogens is 564 g/mol. The number of benzene rings is 1. The summed E-state index contributed by atoms with van der Waals surface area (Å²) < 4.78 is 73.0. The van der Waals surface area contributed by atoms with E-state index < -0.39 is 40.9 Å². The Morgan fingerprint density at radius 3 is 2.71 bits per heavy atom. The lowest BCUT2D eigenvalue weighted by Crippen LogP contribution is -2.45. The lowest BCUT2D eigenvalue weighted by atomic mass is 9.98. The first-order valence-corrected chi connectivity index (χ1v) is 14.1. The molecule has 8 nitrogen and oxygen atoms in total. The third kappa shape index (κ3) is 6.07. The molecule has 2 unspecified atom stereocenters. The molecule has 1 saturated heterocycles. The summed E-state index contributed by atoms with van der Waals surface area (Å²) in [5.41, 5.74) is 0.621. The summed E-state index contributed by atoms with van der Waals surface area (Å²) in [6, 6.07) is 6.74. The first-order valence-electron chi connectivity index (χ1n) is 13.0. The van der Waals surface area contributed by atoms with E-state index in [-0.39, 0.29) is 23.6 Å². The van der Waals surface area contributed by atoms with E-state index in [1.165, 1.54) is 34.6 Å². The molecule has 3 atom stereocenters. The number of fused-ring (bicyclic) bond motifs is 1. The van der Waals surface area contributed by atoms with Crippen molar-refractivity contribution in [1.29, 1.82) is 0 Å². The highest BCUT2D eigenvalue weighted by Gasteiger charge is 2.37. The quantitative estimate of drug-likeness (QED) is 0.390. The summed E-state index contributed by atoms with van der Waals surface area (Å²) >= 11 is 0. The fourth-order valence-corrected chi connectivity index (χ4v) is 6.27. The van der Waals surface area contributed by atoms with Crippen molar-refractivity contribution < 1.29 is 36.1 Å². The minimum Gasteiger partial charge on any atom is -0.446 e. The highest BCUT2D eigenvalue weighted by Crippen LogP contribution is 2.32. The molecule has 2 aliphatic rings. The second-order valence-corrected chi connectivity index (χ2v) is 11.5. The molecule has 218 valence electrons. The number of aromatic nitrogens is 1. The third-order valence-electron chi connectivity index (χ3n) is 7.01. The minimum absolute atomic E-state index is 0.0627. The van der Waals surface area contributed by atoms with Crippen LogP contribution in [0.15, 0.2) is 70.0 Å². The van der Waals surface area contributed by atoms with E-state index in [0.717, 1.165) is 12.3 Å². The van der Waals surface area contributed by atoms with Crippen LogP contribution in [0.5, 0.6) is 0 Å². The van der Waals surface area contributed by atoms with Crippen LogP contribution in [-0.2, 0) is 22.0 Å². The van der Waals surface area contributed by atoms with E-state index in [4.69, 9.17) is 4.42 Å². The van der Waals surface area contributed by atoms with Gasteiger partial charge in [-0.25, -0.2) is 12.9 Å². The van der Waals surface area contributed by atoms with Crippen LogP contribution in [0.4, 0.5) is 17.6 Å². The predicted octanol–water partition coefficient (Wildman–Crippen LogP) is 4.60. The van der Waals surface area contributed by atoms with Crippen LogP contribution in [0.25, 0.3) is 16.5 Å². The molecule has 5 rings (SSSR count). The van der Waals surface area contributed by atoms with E-state index in [9.17, 15) is 31.7 Å². The van der Waals surface area contributed by atoms with Crippen LogP contribution in [-0.4, -0.2) is 60.8 Å². The van der Waals surface area contributed by atoms with Crippen LogP contribution >= 0.6 is 0 Å². The van der Waals surface area contributed by atoms with Crippen molar-refractivity contribution in [2.45, 2.75) is 56.3 Å². The van der Waals surface area contributed by atoms with Gasteiger partial charge in [-0.15, -0.1) is 0 Å². The van der Waals surface area contributed by atoms with Gasteiger partial charge in [-0.3, -0.25) is 9.78 Å². The highest BCUT2D eigenvalue weighted by molar-refractivity contribution is 7.82. The molecule has 1 amide bonds. The molecule has 1 fully saturated rings. The molecular formula is C28H28F4N4O4S. The number of amides is 1. The summed E-state index contributed by atoms with van der Waals surface area (Å²) in [6.07, 6.45) is -0.229. The van der Waals surface area contributed by atoms with E-state index in [1.807, 2.05) is 13.8 Å². The van der Waals surface area contributed by atoms with E-state index in [2.05, 4.69) is 10.3 Å². The van der Waals surface area contributed by atoms with Crippen molar-refractivity contribution in [2.75, 3.05) is 13.1 Å². The van der Waals surface area contributed by atoms with Crippen molar-refractivity contribution in [3.63, 3.8) is 0 Å².